The van der Waals surface area contributed by atoms with Gasteiger partial charge in [0.15, 0.2) is 0 Å². The van der Waals surface area contributed by atoms with Gasteiger partial charge in [-0.1, -0.05) is 0 Å². The zero-order chi connectivity index (χ0) is 12.3. The van der Waals surface area contributed by atoms with E-state index in [-0.39, 0.29) is 5.75 Å². The smallest absolute Gasteiger partial charge is 0.118 e. The van der Waals surface area contributed by atoms with Crippen LogP contribution in [0.5, 0.6) is 5.75 Å². The SMILES string of the molecule is COC[C@H]1CC(Nc2cc(O)c[c]c2N)CN1. The van der Waals surface area contributed by atoms with Crippen LogP contribution >= 0.6 is 0 Å². The largest absolute Gasteiger partial charge is 0.508 e. The number of nitrogens with one attached hydrogen (secondary N) is 2. The molecule has 5 nitrogen and oxygen atoms in total. The minimum Gasteiger partial charge on any atom is -0.508 e. The highest BCUT2D eigenvalue weighted by atomic mass is 16.5. The minimum atomic E-state index is 0.168. The minimum absolute atomic E-state index is 0.168. The van der Waals surface area contributed by atoms with Crippen molar-refractivity contribution in [1.29, 1.82) is 0 Å². The monoisotopic (exact) mass is 236 g/mol. The Bertz CT molecular complexity index is 384. The molecule has 1 radical (unpaired) electrons. The summed E-state index contributed by atoms with van der Waals surface area (Å²) in [6.45, 7) is 1.57. The number of phenolic OH excluding ortho intramolecular Hbond substituents is 1. The van der Waals surface area contributed by atoms with Crippen molar-refractivity contribution in [1.82, 2.24) is 5.32 Å². The number of phenols is 1. The van der Waals surface area contributed by atoms with Crippen LogP contribution in [-0.2, 0) is 4.74 Å². The number of nitrogen functional groups attached to an aromatic ring is 1. The van der Waals surface area contributed by atoms with Gasteiger partial charge in [-0.3, -0.25) is 0 Å². The number of ether oxygens (including phenoxy) is 1. The Morgan fingerprint density at radius 2 is 2.53 bits per heavy atom. The number of benzene rings is 1. The van der Waals surface area contributed by atoms with Crippen molar-refractivity contribution in [3.05, 3.63) is 18.2 Å². The molecular weight excluding hydrogens is 218 g/mol. The molecule has 1 unspecified atom stereocenters. The lowest BCUT2D eigenvalue weighted by Gasteiger charge is -2.15. The summed E-state index contributed by atoms with van der Waals surface area (Å²) in [6, 6.07) is 6.55. The van der Waals surface area contributed by atoms with Crippen molar-refractivity contribution in [2.45, 2.75) is 18.5 Å². The second-order valence-electron chi connectivity index (χ2n) is 4.32. The van der Waals surface area contributed by atoms with Crippen molar-refractivity contribution in [2.24, 2.45) is 0 Å². The number of methoxy groups -OCH3 is 1. The Hall–Kier alpha value is -1.46. The van der Waals surface area contributed by atoms with Crippen molar-refractivity contribution < 1.29 is 9.84 Å². The van der Waals surface area contributed by atoms with Crippen LogP contribution in [0.1, 0.15) is 6.42 Å². The summed E-state index contributed by atoms with van der Waals surface area (Å²) in [6.07, 6.45) is 0.975. The lowest BCUT2D eigenvalue weighted by atomic mass is 10.1. The molecule has 2 rings (SSSR count). The van der Waals surface area contributed by atoms with Crippen molar-refractivity contribution in [3.63, 3.8) is 0 Å². The molecule has 2 atom stereocenters. The average molecular weight is 236 g/mol. The molecule has 1 fully saturated rings. The molecule has 17 heavy (non-hydrogen) atoms. The summed E-state index contributed by atoms with van der Waals surface area (Å²) in [4.78, 5) is 0. The van der Waals surface area contributed by atoms with Gasteiger partial charge < -0.3 is 26.2 Å². The Labute approximate surface area is 101 Å². The molecule has 1 aromatic carbocycles. The molecule has 1 aliphatic rings. The molecule has 0 amide bonds. The van der Waals surface area contributed by atoms with E-state index in [4.69, 9.17) is 10.5 Å². The number of rotatable bonds is 4. The Kier molecular flexibility index (Phi) is 3.71. The molecule has 0 bridgehead atoms. The highest BCUT2D eigenvalue weighted by molar-refractivity contribution is 5.67. The van der Waals surface area contributed by atoms with Gasteiger partial charge in [0.2, 0.25) is 0 Å². The van der Waals surface area contributed by atoms with E-state index in [2.05, 4.69) is 16.7 Å². The van der Waals surface area contributed by atoms with Crippen LogP contribution in [0.2, 0.25) is 0 Å². The van der Waals surface area contributed by atoms with Crippen molar-refractivity contribution >= 4 is 11.4 Å². The zero-order valence-corrected chi connectivity index (χ0v) is 9.86. The van der Waals surface area contributed by atoms with E-state index in [0.29, 0.717) is 24.4 Å². The highest BCUT2D eigenvalue weighted by Crippen LogP contribution is 2.25. The molecule has 1 heterocycles. The normalized spacial score (nSPS) is 23.8. The Balaban J connectivity index is 1.95. The first-order valence-corrected chi connectivity index (χ1v) is 5.68. The molecule has 5 N–H and O–H groups in total. The molecule has 93 valence electrons. The van der Waals surface area contributed by atoms with Gasteiger partial charge in [-0.2, -0.15) is 0 Å². The summed E-state index contributed by atoms with van der Waals surface area (Å²) in [7, 11) is 1.70. The number of nitrogens with two attached hydrogens (primary N) is 1. The summed E-state index contributed by atoms with van der Waals surface area (Å²) in [5.74, 6) is 0.168. The Morgan fingerprint density at radius 1 is 1.71 bits per heavy atom. The van der Waals surface area contributed by atoms with E-state index in [1.54, 1.807) is 13.2 Å². The second kappa shape index (κ2) is 5.25. The fourth-order valence-corrected chi connectivity index (χ4v) is 2.09. The molecule has 1 aliphatic heterocycles. The average Bonchev–Trinajstić information content (AvgIpc) is 2.72. The van der Waals surface area contributed by atoms with E-state index in [1.165, 1.54) is 6.07 Å². The van der Waals surface area contributed by atoms with Gasteiger partial charge >= 0.3 is 0 Å². The van der Waals surface area contributed by atoms with E-state index >= 15 is 0 Å². The second-order valence-corrected chi connectivity index (χ2v) is 4.32. The molecule has 0 aromatic heterocycles. The van der Waals surface area contributed by atoms with Crippen molar-refractivity contribution in [2.75, 3.05) is 31.3 Å². The third-order valence-electron chi connectivity index (χ3n) is 2.91. The molecule has 0 saturated carbocycles. The maximum atomic E-state index is 9.39. The van der Waals surface area contributed by atoms with Gasteiger partial charge in [0, 0.05) is 37.9 Å². The van der Waals surface area contributed by atoms with Gasteiger partial charge in [-0.15, -0.1) is 0 Å². The third-order valence-corrected chi connectivity index (χ3v) is 2.91. The molecule has 0 spiro atoms. The predicted octanol–water partition coefficient (Wildman–Crippen LogP) is 0.563. The van der Waals surface area contributed by atoms with E-state index in [0.717, 1.165) is 18.7 Å². The number of hydrogen-bond acceptors (Lipinski definition) is 5. The topological polar surface area (TPSA) is 79.5 Å². The molecule has 0 aliphatic carbocycles. The van der Waals surface area contributed by atoms with Gasteiger partial charge in [-0.25, -0.2) is 0 Å². The quantitative estimate of drug-likeness (QED) is 0.454. The van der Waals surface area contributed by atoms with Gasteiger partial charge in [-0.05, 0) is 12.5 Å². The van der Waals surface area contributed by atoms with Crippen LogP contribution in [-0.4, -0.2) is 37.5 Å². The third kappa shape index (κ3) is 3.01. The van der Waals surface area contributed by atoms with E-state index in [1.807, 2.05) is 0 Å². The standard InChI is InChI=1S/C12H18N3O2/c1-17-7-9-4-8(6-14-9)15-12-5-10(16)2-3-11(12)13/h2,5,8-9,14-16H,4,6-7,13H2,1H3/t8?,9-/m1/s1. The summed E-state index contributed by atoms with van der Waals surface area (Å²) in [5, 5.41) is 16.1. The van der Waals surface area contributed by atoms with Gasteiger partial charge in [0.1, 0.15) is 5.75 Å². The number of aromatic hydroxyl groups is 1. The Morgan fingerprint density at radius 3 is 3.29 bits per heavy atom. The van der Waals surface area contributed by atoms with Crippen LogP contribution in [0, 0.1) is 6.07 Å². The predicted molar refractivity (Wildman–Crippen MR) is 67.0 cm³/mol. The van der Waals surface area contributed by atoms with Gasteiger partial charge in [0.05, 0.1) is 18.0 Å². The van der Waals surface area contributed by atoms with Crippen LogP contribution in [0.25, 0.3) is 0 Å². The fraction of sp³-hybridized carbons (Fsp3) is 0.500. The van der Waals surface area contributed by atoms with E-state index < -0.39 is 0 Å². The lowest BCUT2D eigenvalue weighted by Crippen LogP contribution is -2.26. The molecule has 1 aromatic rings. The molecule has 5 heteroatoms. The van der Waals surface area contributed by atoms with Crippen LogP contribution < -0.4 is 16.4 Å². The zero-order valence-electron chi connectivity index (χ0n) is 9.86. The highest BCUT2D eigenvalue weighted by Gasteiger charge is 2.24. The van der Waals surface area contributed by atoms with Crippen LogP contribution in [0.4, 0.5) is 11.4 Å². The van der Waals surface area contributed by atoms with Crippen molar-refractivity contribution in [3.8, 4) is 5.75 Å². The molecular formula is C12H18N3O2. The fourth-order valence-electron chi connectivity index (χ4n) is 2.09. The van der Waals surface area contributed by atoms with Crippen LogP contribution in [0.15, 0.2) is 12.1 Å². The number of hydrogen-bond donors (Lipinski definition) is 4. The van der Waals surface area contributed by atoms with Crippen LogP contribution in [0.3, 0.4) is 0 Å². The summed E-state index contributed by atoms with van der Waals surface area (Å²) in [5.41, 5.74) is 7.04. The molecule has 1 saturated heterocycles. The summed E-state index contributed by atoms with van der Waals surface area (Å²) < 4.78 is 5.11. The maximum Gasteiger partial charge on any atom is 0.118 e. The van der Waals surface area contributed by atoms with E-state index in [9.17, 15) is 5.11 Å². The maximum absolute atomic E-state index is 9.39. The lowest BCUT2D eigenvalue weighted by molar-refractivity contribution is 0.173. The first kappa shape index (κ1) is 12.0. The van der Waals surface area contributed by atoms with Gasteiger partial charge in [0.25, 0.3) is 0 Å². The first-order valence-electron chi connectivity index (χ1n) is 5.68. The summed E-state index contributed by atoms with van der Waals surface area (Å²) >= 11 is 0. The number of anilines is 2. The first-order chi connectivity index (χ1) is 8.19.